The van der Waals surface area contributed by atoms with Crippen LogP contribution in [0.3, 0.4) is 0 Å². The van der Waals surface area contributed by atoms with Gasteiger partial charge < -0.3 is 34.3 Å². The van der Waals surface area contributed by atoms with Crippen LogP contribution in [0.4, 0.5) is 17.6 Å². The van der Waals surface area contributed by atoms with Gasteiger partial charge in [-0.2, -0.15) is 0 Å². The van der Waals surface area contributed by atoms with Crippen LogP contribution in [-0.2, 0) is 14.2 Å². The monoisotopic (exact) mass is 1210 g/mol. The Morgan fingerprint density at radius 1 is 0.438 bits per heavy atom. The molecule has 3 saturated heterocycles. The molecule has 0 spiro atoms. The van der Waals surface area contributed by atoms with Crippen LogP contribution in [-0.4, -0.2) is 145 Å². The Balaban J connectivity index is 0.000000147. The lowest BCUT2D eigenvalue weighted by Gasteiger charge is -2.37. The number of alkyl halides is 3. The Labute approximate surface area is 515 Å². The van der Waals surface area contributed by atoms with Crippen LogP contribution in [0.25, 0.3) is 33.8 Å². The number of aryl methyl sites for hydroxylation is 2. The van der Waals surface area contributed by atoms with Crippen LogP contribution in [0.1, 0.15) is 80.9 Å². The van der Waals surface area contributed by atoms with Gasteiger partial charge in [0.1, 0.15) is 29.9 Å². The number of benzene rings is 3. The van der Waals surface area contributed by atoms with Crippen molar-refractivity contribution in [2.24, 2.45) is 0 Å². The van der Waals surface area contributed by atoms with Crippen LogP contribution in [0, 0.1) is 19.7 Å². The standard InChI is InChI=1S/C24H27N3O2.C23H22F3N3O3.C22H22FN3O2/c1-17-7-8-20(18(2)15-17)22-21(6-4-10-26-22)24(28)23(19-5-3-9-25-16-19)27-11-13-29-14-12-27;24-23(25,26)32-19-8-2-1-6-17(19)20-18(7-4-10-28-20)22(30)21(16-5-3-9-27-15-16)29-11-13-31-14-12-29;23-19-8-2-1-6-17(19)20-18(7-4-10-25-20)22(27)21(16-5-3-9-24-15-16)26-11-13-28-14-12-26/h3-10,15-16,23-24,28H,11-14H2,1-2H3;1-10,15,21-22,30H,11-14H2;1-10,15,21-22,27H,11-14H2/t23-,24+;2*21-,22+/m000/s1. The molecule has 3 fully saturated rings. The fourth-order valence-electron chi connectivity index (χ4n) is 11.8. The van der Waals surface area contributed by atoms with Crippen molar-refractivity contribution in [3.63, 3.8) is 0 Å². The Morgan fingerprint density at radius 2 is 0.809 bits per heavy atom. The average Bonchev–Trinajstić information content (AvgIpc) is 1.38. The minimum absolute atomic E-state index is 0.145. The third-order valence-corrected chi connectivity index (χ3v) is 15.9. The van der Waals surface area contributed by atoms with Crippen molar-refractivity contribution in [2.75, 3.05) is 78.9 Å². The van der Waals surface area contributed by atoms with Gasteiger partial charge in [-0.25, -0.2) is 4.39 Å². The van der Waals surface area contributed by atoms with E-state index in [-0.39, 0.29) is 34.9 Å². The molecule has 0 amide bonds. The number of ether oxygens (including phenoxy) is 4. The number of pyridine rings is 6. The Morgan fingerprint density at radius 3 is 1.19 bits per heavy atom. The van der Waals surface area contributed by atoms with Crippen molar-refractivity contribution in [1.29, 1.82) is 0 Å². The predicted octanol–water partition coefficient (Wildman–Crippen LogP) is 11.4. The van der Waals surface area contributed by atoms with Crippen molar-refractivity contribution >= 4 is 0 Å². The van der Waals surface area contributed by atoms with E-state index in [4.69, 9.17) is 14.2 Å². The summed E-state index contributed by atoms with van der Waals surface area (Å²) in [7, 11) is 0. The molecule has 3 N–H and O–H groups in total. The highest BCUT2D eigenvalue weighted by molar-refractivity contribution is 5.71. The summed E-state index contributed by atoms with van der Waals surface area (Å²) in [5.41, 5.74) is 9.96. The van der Waals surface area contributed by atoms with Crippen LogP contribution in [0.5, 0.6) is 5.75 Å². The number of para-hydroxylation sites is 1. The quantitative estimate of drug-likeness (QED) is 0.0776. The van der Waals surface area contributed by atoms with Crippen LogP contribution in [0.15, 0.2) is 195 Å². The fourth-order valence-corrected chi connectivity index (χ4v) is 11.8. The van der Waals surface area contributed by atoms with Gasteiger partial charge in [-0.05, 0) is 96.8 Å². The number of rotatable bonds is 16. The van der Waals surface area contributed by atoms with Crippen molar-refractivity contribution in [2.45, 2.75) is 56.6 Å². The smallest absolute Gasteiger partial charge is 0.405 e. The molecule has 3 aliphatic rings. The summed E-state index contributed by atoms with van der Waals surface area (Å²) in [5, 5.41) is 34.6. The van der Waals surface area contributed by atoms with Gasteiger partial charge in [0.25, 0.3) is 0 Å². The molecule has 0 aliphatic carbocycles. The topological polar surface area (TPSA) is 185 Å². The molecule has 9 aromatic rings. The molecule has 3 aliphatic heterocycles. The Hall–Kier alpha value is -8.28. The van der Waals surface area contributed by atoms with Crippen molar-refractivity contribution in [3.05, 3.63) is 246 Å². The molecule has 6 atom stereocenters. The zero-order valence-electron chi connectivity index (χ0n) is 49.4. The molecule has 12 rings (SSSR count). The number of aliphatic hydroxyl groups is 3. The highest BCUT2D eigenvalue weighted by Gasteiger charge is 2.37. The summed E-state index contributed by atoms with van der Waals surface area (Å²) < 4.78 is 74.0. The summed E-state index contributed by atoms with van der Waals surface area (Å²) in [6.45, 7) is 11.9. The zero-order valence-corrected chi connectivity index (χ0v) is 49.4. The first-order valence-corrected chi connectivity index (χ1v) is 29.6. The molecule has 16 nitrogen and oxygen atoms in total. The molecule has 0 saturated carbocycles. The lowest BCUT2D eigenvalue weighted by Crippen LogP contribution is -2.41. The summed E-state index contributed by atoms with van der Waals surface area (Å²) >= 11 is 0. The van der Waals surface area contributed by atoms with Gasteiger partial charge in [-0.15, -0.1) is 13.2 Å². The highest BCUT2D eigenvalue weighted by Crippen LogP contribution is 2.43. The molecule has 6 aromatic heterocycles. The highest BCUT2D eigenvalue weighted by atomic mass is 19.4. The number of morpholine rings is 3. The minimum atomic E-state index is -4.85. The summed E-state index contributed by atoms with van der Waals surface area (Å²) in [6, 6.07) is 39.8. The van der Waals surface area contributed by atoms with Gasteiger partial charge in [0.2, 0.25) is 0 Å². The van der Waals surface area contributed by atoms with E-state index in [1.54, 1.807) is 91.9 Å². The van der Waals surface area contributed by atoms with Crippen LogP contribution in [0.2, 0.25) is 0 Å². The van der Waals surface area contributed by atoms with E-state index in [0.717, 1.165) is 52.2 Å². The molecule has 3 aromatic carbocycles. The zero-order chi connectivity index (χ0) is 62.1. The van der Waals surface area contributed by atoms with Gasteiger partial charge in [0.15, 0.2) is 0 Å². The largest absolute Gasteiger partial charge is 0.573 e. The number of hydrogen-bond acceptors (Lipinski definition) is 16. The molecule has 9 heterocycles. The van der Waals surface area contributed by atoms with Crippen molar-refractivity contribution in [1.82, 2.24) is 44.6 Å². The molecular weight excluding hydrogens is 1140 g/mol. The van der Waals surface area contributed by atoms with Crippen molar-refractivity contribution < 1.29 is 51.8 Å². The first-order valence-electron chi connectivity index (χ1n) is 29.6. The first kappa shape index (κ1) is 63.7. The molecule has 20 heteroatoms. The van der Waals surface area contributed by atoms with Gasteiger partial charge in [-0.1, -0.05) is 84.4 Å². The molecule has 462 valence electrons. The second-order valence-electron chi connectivity index (χ2n) is 21.6. The Kier molecular flexibility index (Phi) is 22.0. The van der Waals surface area contributed by atoms with E-state index in [1.807, 2.05) is 54.7 Å². The van der Waals surface area contributed by atoms with Crippen LogP contribution < -0.4 is 4.74 Å². The predicted molar refractivity (Wildman–Crippen MR) is 328 cm³/mol. The third kappa shape index (κ3) is 16.1. The molecule has 0 bridgehead atoms. The maximum atomic E-state index is 14.4. The molecule has 89 heavy (non-hydrogen) atoms. The normalized spacial score (nSPS) is 17.1. The summed E-state index contributed by atoms with van der Waals surface area (Å²) in [5.74, 6) is -0.740. The molecule has 0 unspecified atom stereocenters. The average molecular weight is 1210 g/mol. The third-order valence-electron chi connectivity index (χ3n) is 15.9. The fraction of sp³-hybridized carbons (Fsp3) is 0.304. The van der Waals surface area contributed by atoms with Gasteiger partial charge >= 0.3 is 6.36 Å². The van der Waals surface area contributed by atoms with Gasteiger partial charge in [-0.3, -0.25) is 44.6 Å². The summed E-state index contributed by atoms with van der Waals surface area (Å²) in [4.78, 5) is 32.6. The van der Waals surface area contributed by atoms with E-state index in [1.165, 1.54) is 36.0 Å². The molecular formula is C69H71F4N9O7. The van der Waals surface area contributed by atoms with E-state index < -0.39 is 30.7 Å². The number of hydrogen-bond donors (Lipinski definition) is 3. The lowest BCUT2D eigenvalue weighted by atomic mass is 9.91. The number of aliphatic hydroxyl groups excluding tert-OH is 3. The van der Waals surface area contributed by atoms with Gasteiger partial charge in [0, 0.05) is 128 Å². The first-order chi connectivity index (χ1) is 43.3. The second-order valence-corrected chi connectivity index (χ2v) is 21.6. The number of halogens is 4. The minimum Gasteiger partial charge on any atom is -0.405 e. The van der Waals surface area contributed by atoms with E-state index >= 15 is 0 Å². The lowest BCUT2D eigenvalue weighted by molar-refractivity contribution is -0.274. The van der Waals surface area contributed by atoms with E-state index in [9.17, 15) is 32.9 Å². The number of aromatic nitrogens is 6. The molecule has 0 radical (unpaired) electrons. The number of nitrogens with zero attached hydrogens (tertiary/aromatic N) is 9. The van der Waals surface area contributed by atoms with Gasteiger partial charge in [0.05, 0.1) is 74.8 Å². The summed E-state index contributed by atoms with van der Waals surface area (Å²) in [6.07, 6.45) is 7.72. The van der Waals surface area contributed by atoms with Crippen LogP contribution >= 0.6 is 0 Å². The maximum absolute atomic E-state index is 14.4. The second kappa shape index (κ2) is 30.8. The van der Waals surface area contributed by atoms with E-state index in [2.05, 4.69) is 81.4 Å². The maximum Gasteiger partial charge on any atom is 0.573 e. The SMILES string of the molecule is Cc1ccc(-c2ncccc2[C@@H](O)[C@H](c2cccnc2)N2CCOCC2)c(C)c1.O[C@H](c1cccnc1-c1ccccc1F)[C@H](c1cccnc1)N1CCOCC1.O[C@H](c1cccnc1-c1ccccc1OC(F)(F)F)[C@H](c1cccnc1)N1CCOCC1. The van der Waals surface area contributed by atoms with Crippen molar-refractivity contribution in [3.8, 4) is 39.5 Å². The Bertz CT molecular complexity index is 3660. The van der Waals surface area contributed by atoms with E-state index in [0.29, 0.717) is 88.2 Å².